The first-order valence-corrected chi connectivity index (χ1v) is 10.6. The maximum absolute atomic E-state index is 12.7. The van der Waals surface area contributed by atoms with E-state index in [4.69, 9.17) is 4.74 Å². The van der Waals surface area contributed by atoms with Crippen LogP contribution in [0, 0.1) is 11.8 Å². The molecule has 3 atom stereocenters. The topological polar surface area (TPSA) is 46.5 Å². The van der Waals surface area contributed by atoms with Gasteiger partial charge in [0.05, 0.1) is 12.2 Å². The number of Topliss-reactive ketones (excluding diaryl/α,β-unsaturated/α-hetero) is 1. The Labute approximate surface area is 148 Å². The molecule has 3 heteroatoms. The van der Waals surface area contributed by atoms with Gasteiger partial charge in [-0.25, -0.2) is 0 Å². The van der Waals surface area contributed by atoms with Crippen molar-refractivity contribution in [3.63, 3.8) is 0 Å². The number of rotatable bonds is 10. The fourth-order valence-corrected chi connectivity index (χ4v) is 4.41. The van der Waals surface area contributed by atoms with Crippen LogP contribution in [0.5, 0.6) is 0 Å². The summed E-state index contributed by atoms with van der Waals surface area (Å²) in [7, 11) is 0. The highest BCUT2D eigenvalue weighted by Gasteiger charge is 2.37. The summed E-state index contributed by atoms with van der Waals surface area (Å²) in [5, 5.41) is 10.4. The molecule has 24 heavy (non-hydrogen) atoms. The largest absolute Gasteiger partial charge is 0.392 e. The Kier molecular flexibility index (Phi) is 9.33. The molecule has 3 nitrogen and oxygen atoms in total. The molecule has 0 aliphatic heterocycles. The van der Waals surface area contributed by atoms with Crippen molar-refractivity contribution in [2.45, 2.75) is 109 Å². The van der Waals surface area contributed by atoms with E-state index in [0.29, 0.717) is 12.2 Å². The van der Waals surface area contributed by atoms with Gasteiger partial charge in [0.1, 0.15) is 5.78 Å². The minimum Gasteiger partial charge on any atom is -0.392 e. The highest BCUT2D eigenvalue weighted by Crippen LogP contribution is 2.34. The summed E-state index contributed by atoms with van der Waals surface area (Å²) in [5.41, 5.74) is 0. The summed E-state index contributed by atoms with van der Waals surface area (Å²) >= 11 is 0. The molecule has 0 heterocycles. The van der Waals surface area contributed by atoms with E-state index in [-0.39, 0.29) is 17.9 Å². The third kappa shape index (κ3) is 6.48. The average Bonchev–Trinajstić information content (AvgIpc) is 2.61. The molecule has 0 bridgehead atoms. The minimum atomic E-state index is -0.484. The fourth-order valence-electron chi connectivity index (χ4n) is 4.41. The molecule has 140 valence electrons. The number of aliphatic hydroxyl groups excluding tert-OH is 1. The Hall–Kier alpha value is -0.410. The Morgan fingerprint density at radius 2 is 1.67 bits per heavy atom. The first kappa shape index (κ1) is 19.9. The van der Waals surface area contributed by atoms with Gasteiger partial charge in [-0.05, 0) is 32.1 Å². The molecule has 2 aliphatic rings. The van der Waals surface area contributed by atoms with Gasteiger partial charge in [0, 0.05) is 24.9 Å². The van der Waals surface area contributed by atoms with Gasteiger partial charge in [0.15, 0.2) is 0 Å². The van der Waals surface area contributed by atoms with Crippen LogP contribution in [-0.4, -0.2) is 29.7 Å². The van der Waals surface area contributed by atoms with E-state index in [1.165, 1.54) is 51.4 Å². The van der Waals surface area contributed by atoms with Crippen molar-refractivity contribution in [2.75, 3.05) is 6.61 Å². The van der Waals surface area contributed by atoms with Gasteiger partial charge >= 0.3 is 0 Å². The summed E-state index contributed by atoms with van der Waals surface area (Å²) in [5.74, 6) is 0.442. The summed E-state index contributed by atoms with van der Waals surface area (Å²) in [6, 6.07) is 0. The Bertz CT molecular complexity index is 349. The van der Waals surface area contributed by atoms with Crippen LogP contribution in [0.3, 0.4) is 0 Å². The summed E-state index contributed by atoms with van der Waals surface area (Å²) < 4.78 is 5.96. The predicted octanol–water partition coefficient (Wildman–Crippen LogP) is 5.04. The molecule has 2 rings (SSSR count). The zero-order valence-electron chi connectivity index (χ0n) is 15.7. The second-order valence-electron chi connectivity index (χ2n) is 7.98. The zero-order valence-corrected chi connectivity index (χ0v) is 15.7. The number of carbonyl (C=O) groups is 1. The second-order valence-corrected chi connectivity index (χ2v) is 7.98. The first-order valence-electron chi connectivity index (χ1n) is 10.6. The molecule has 2 fully saturated rings. The molecular formula is C21H38O3. The Morgan fingerprint density at radius 3 is 2.38 bits per heavy atom. The number of aliphatic hydroxyl groups is 1. The second kappa shape index (κ2) is 11.3. The molecule has 0 amide bonds. The maximum Gasteiger partial charge on any atom is 0.141 e. The van der Waals surface area contributed by atoms with Crippen LogP contribution in [0.2, 0.25) is 0 Å². The van der Waals surface area contributed by atoms with E-state index in [9.17, 15) is 9.90 Å². The van der Waals surface area contributed by atoms with Crippen LogP contribution in [0.4, 0.5) is 0 Å². The van der Waals surface area contributed by atoms with Crippen LogP contribution in [0.25, 0.3) is 0 Å². The standard InChI is InChI=1S/C21H38O3/c1-2-3-4-5-6-10-15-24-18-13-14-19(20(22)16-18)21(23)17-11-8-7-9-12-17/h17-20,22H,2-16H2,1H3. The first-order chi connectivity index (χ1) is 11.7. The van der Waals surface area contributed by atoms with E-state index in [0.717, 1.165) is 38.7 Å². The minimum absolute atomic E-state index is 0.123. The van der Waals surface area contributed by atoms with Gasteiger partial charge in [-0.1, -0.05) is 58.3 Å². The number of hydrogen-bond donors (Lipinski definition) is 1. The molecule has 0 saturated heterocycles. The molecule has 0 aromatic heterocycles. The van der Waals surface area contributed by atoms with E-state index < -0.39 is 6.10 Å². The summed E-state index contributed by atoms with van der Waals surface area (Å²) in [6.45, 7) is 3.05. The normalized spacial score (nSPS) is 28.8. The smallest absolute Gasteiger partial charge is 0.141 e. The fraction of sp³-hybridized carbons (Fsp3) is 0.952. The van der Waals surface area contributed by atoms with Crippen LogP contribution < -0.4 is 0 Å². The van der Waals surface area contributed by atoms with Gasteiger partial charge in [0.2, 0.25) is 0 Å². The Morgan fingerprint density at radius 1 is 0.958 bits per heavy atom. The van der Waals surface area contributed by atoms with Crippen LogP contribution >= 0.6 is 0 Å². The number of hydrogen-bond acceptors (Lipinski definition) is 3. The summed E-state index contributed by atoms with van der Waals surface area (Å²) in [6.07, 6.45) is 15.5. The Balaban J connectivity index is 1.60. The monoisotopic (exact) mass is 338 g/mol. The number of unbranched alkanes of at least 4 members (excludes halogenated alkanes) is 5. The molecule has 0 aromatic carbocycles. The molecule has 0 aromatic rings. The third-order valence-electron chi connectivity index (χ3n) is 5.99. The highest BCUT2D eigenvalue weighted by molar-refractivity contribution is 5.84. The van der Waals surface area contributed by atoms with Crippen molar-refractivity contribution in [2.24, 2.45) is 11.8 Å². The lowest BCUT2D eigenvalue weighted by Gasteiger charge is -2.34. The lowest BCUT2D eigenvalue weighted by Crippen LogP contribution is -2.40. The third-order valence-corrected chi connectivity index (χ3v) is 5.99. The maximum atomic E-state index is 12.7. The van der Waals surface area contributed by atoms with E-state index in [1.54, 1.807) is 0 Å². The molecule has 3 unspecified atom stereocenters. The predicted molar refractivity (Wildman–Crippen MR) is 98.0 cm³/mol. The molecule has 2 saturated carbocycles. The molecule has 1 N–H and O–H groups in total. The number of ether oxygens (including phenoxy) is 1. The zero-order chi connectivity index (χ0) is 17.2. The lowest BCUT2D eigenvalue weighted by molar-refractivity contribution is -0.135. The average molecular weight is 339 g/mol. The van der Waals surface area contributed by atoms with Crippen molar-refractivity contribution in [1.82, 2.24) is 0 Å². The lowest BCUT2D eigenvalue weighted by atomic mass is 9.74. The van der Waals surface area contributed by atoms with E-state index >= 15 is 0 Å². The van der Waals surface area contributed by atoms with Gasteiger partial charge in [-0.3, -0.25) is 4.79 Å². The van der Waals surface area contributed by atoms with Crippen molar-refractivity contribution >= 4 is 5.78 Å². The van der Waals surface area contributed by atoms with Crippen molar-refractivity contribution in [1.29, 1.82) is 0 Å². The molecule has 0 radical (unpaired) electrons. The number of carbonyl (C=O) groups excluding carboxylic acids is 1. The van der Waals surface area contributed by atoms with Gasteiger partial charge in [-0.2, -0.15) is 0 Å². The molecule has 2 aliphatic carbocycles. The van der Waals surface area contributed by atoms with Gasteiger partial charge in [0.25, 0.3) is 0 Å². The SMILES string of the molecule is CCCCCCCCOC1CCC(C(=O)C2CCCCC2)C(O)C1. The van der Waals surface area contributed by atoms with Crippen molar-refractivity contribution in [3.05, 3.63) is 0 Å². The van der Waals surface area contributed by atoms with Crippen LogP contribution in [0.1, 0.15) is 96.8 Å². The van der Waals surface area contributed by atoms with E-state index in [1.807, 2.05) is 0 Å². The molecule has 0 spiro atoms. The van der Waals surface area contributed by atoms with Gasteiger partial charge in [-0.15, -0.1) is 0 Å². The highest BCUT2D eigenvalue weighted by atomic mass is 16.5. The van der Waals surface area contributed by atoms with Crippen LogP contribution in [0.15, 0.2) is 0 Å². The van der Waals surface area contributed by atoms with Crippen LogP contribution in [-0.2, 0) is 9.53 Å². The van der Waals surface area contributed by atoms with Crippen molar-refractivity contribution in [3.8, 4) is 0 Å². The number of ketones is 1. The van der Waals surface area contributed by atoms with Gasteiger partial charge < -0.3 is 9.84 Å². The van der Waals surface area contributed by atoms with Crippen molar-refractivity contribution < 1.29 is 14.6 Å². The van der Waals surface area contributed by atoms with E-state index in [2.05, 4.69) is 6.92 Å². The summed E-state index contributed by atoms with van der Waals surface area (Å²) in [4.78, 5) is 12.7. The molecular weight excluding hydrogens is 300 g/mol. The quantitative estimate of drug-likeness (QED) is 0.567.